The SMILES string of the molecule is CS(=O)(=O)c1cccc(-c2ccc3nc(NC(=O)NCC(O)c4ccccc4)sc3c2)c1. The molecular formula is C23H21N3O4S2. The average Bonchev–Trinajstić information content (AvgIpc) is 3.19. The maximum Gasteiger partial charge on any atom is 0.321 e. The van der Waals surface area contributed by atoms with E-state index in [0.717, 1.165) is 26.9 Å². The van der Waals surface area contributed by atoms with Gasteiger partial charge in [-0.05, 0) is 41.0 Å². The van der Waals surface area contributed by atoms with E-state index < -0.39 is 22.0 Å². The molecule has 1 unspecified atom stereocenters. The summed E-state index contributed by atoms with van der Waals surface area (Å²) in [6.45, 7) is 0.0710. The number of hydrogen-bond acceptors (Lipinski definition) is 6. The molecular weight excluding hydrogens is 446 g/mol. The van der Waals surface area contributed by atoms with Crippen LogP contribution in [0, 0.1) is 0 Å². The van der Waals surface area contributed by atoms with Crippen LogP contribution in [0.5, 0.6) is 0 Å². The highest BCUT2D eigenvalue weighted by molar-refractivity contribution is 7.90. The van der Waals surface area contributed by atoms with Gasteiger partial charge in [0.05, 0.1) is 21.2 Å². The molecule has 32 heavy (non-hydrogen) atoms. The van der Waals surface area contributed by atoms with E-state index in [1.807, 2.05) is 42.5 Å². The van der Waals surface area contributed by atoms with Crippen molar-refractivity contribution in [2.75, 3.05) is 18.1 Å². The average molecular weight is 468 g/mol. The first-order valence-corrected chi connectivity index (χ1v) is 12.5. The van der Waals surface area contributed by atoms with Crippen molar-refractivity contribution < 1.29 is 18.3 Å². The molecule has 3 N–H and O–H groups in total. The Kier molecular flexibility index (Phi) is 6.22. The van der Waals surface area contributed by atoms with E-state index in [1.54, 1.807) is 30.3 Å². The lowest BCUT2D eigenvalue weighted by Gasteiger charge is -2.12. The van der Waals surface area contributed by atoms with Gasteiger partial charge in [-0.15, -0.1) is 0 Å². The number of nitrogens with zero attached hydrogens (tertiary/aromatic N) is 1. The summed E-state index contributed by atoms with van der Waals surface area (Å²) < 4.78 is 24.5. The number of carbonyl (C=O) groups excluding carboxylic acids is 1. The third kappa shape index (κ3) is 5.13. The number of amides is 2. The van der Waals surface area contributed by atoms with Crippen LogP contribution >= 0.6 is 11.3 Å². The molecule has 0 fully saturated rings. The number of aliphatic hydroxyl groups is 1. The number of carbonyl (C=O) groups is 1. The molecule has 9 heteroatoms. The standard InChI is InChI=1S/C23H21N3O4S2/c1-32(29,30)18-9-5-8-16(12-18)17-10-11-19-21(13-17)31-23(25-19)26-22(28)24-14-20(27)15-6-3-2-4-7-15/h2-13,20,27H,14H2,1H3,(H2,24,25,26,28). The van der Waals surface area contributed by atoms with Crippen molar-refractivity contribution in [3.8, 4) is 11.1 Å². The summed E-state index contributed by atoms with van der Waals surface area (Å²) in [6, 6.07) is 21.0. The van der Waals surface area contributed by atoms with Crippen molar-refractivity contribution in [1.82, 2.24) is 10.3 Å². The molecule has 0 aliphatic rings. The van der Waals surface area contributed by atoms with E-state index in [0.29, 0.717) is 5.13 Å². The molecule has 164 valence electrons. The Balaban J connectivity index is 1.46. The third-order valence-electron chi connectivity index (χ3n) is 4.84. The van der Waals surface area contributed by atoms with Crippen LogP contribution in [-0.2, 0) is 9.84 Å². The number of aliphatic hydroxyl groups excluding tert-OH is 1. The summed E-state index contributed by atoms with van der Waals surface area (Å²) >= 11 is 1.31. The number of rotatable bonds is 6. The fourth-order valence-electron chi connectivity index (χ4n) is 3.19. The minimum atomic E-state index is -3.30. The van der Waals surface area contributed by atoms with Crippen LogP contribution in [0.2, 0.25) is 0 Å². The summed E-state index contributed by atoms with van der Waals surface area (Å²) in [4.78, 5) is 16.9. The number of nitrogens with one attached hydrogen (secondary N) is 2. The van der Waals surface area contributed by atoms with Crippen molar-refractivity contribution >= 4 is 42.6 Å². The summed E-state index contributed by atoms with van der Waals surface area (Å²) in [7, 11) is -3.30. The minimum absolute atomic E-state index is 0.0710. The van der Waals surface area contributed by atoms with Crippen molar-refractivity contribution in [1.29, 1.82) is 0 Å². The maximum atomic E-state index is 12.2. The van der Waals surface area contributed by atoms with Gasteiger partial charge in [-0.25, -0.2) is 18.2 Å². The van der Waals surface area contributed by atoms with E-state index in [1.165, 1.54) is 17.6 Å². The largest absolute Gasteiger partial charge is 0.387 e. The van der Waals surface area contributed by atoms with Crippen LogP contribution < -0.4 is 10.6 Å². The number of anilines is 1. The number of benzene rings is 3. The van der Waals surface area contributed by atoms with Crippen molar-refractivity contribution in [3.05, 3.63) is 78.4 Å². The number of urea groups is 1. The number of aromatic nitrogens is 1. The minimum Gasteiger partial charge on any atom is -0.387 e. The smallest absolute Gasteiger partial charge is 0.321 e. The lowest BCUT2D eigenvalue weighted by atomic mass is 10.1. The van der Waals surface area contributed by atoms with E-state index in [2.05, 4.69) is 15.6 Å². The molecule has 4 rings (SSSR count). The highest BCUT2D eigenvalue weighted by atomic mass is 32.2. The Bertz CT molecular complexity index is 1370. The topological polar surface area (TPSA) is 108 Å². The Labute approximate surface area is 189 Å². The Morgan fingerprint density at radius 2 is 1.78 bits per heavy atom. The van der Waals surface area contributed by atoms with Crippen molar-refractivity contribution in [2.45, 2.75) is 11.0 Å². The summed E-state index contributed by atoms with van der Waals surface area (Å²) in [5.74, 6) is 0. The normalized spacial score (nSPS) is 12.4. The highest BCUT2D eigenvalue weighted by Crippen LogP contribution is 2.31. The summed E-state index contributed by atoms with van der Waals surface area (Å²) in [5, 5.41) is 15.9. The van der Waals surface area contributed by atoms with Gasteiger partial charge in [0.15, 0.2) is 15.0 Å². The number of thiazole rings is 1. The van der Waals surface area contributed by atoms with Crippen molar-refractivity contribution in [3.63, 3.8) is 0 Å². The summed E-state index contributed by atoms with van der Waals surface area (Å²) in [6.07, 6.45) is 0.378. The highest BCUT2D eigenvalue weighted by Gasteiger charge is 2.13. The summed E-state index contributed by atoms with van der Waals surface area (Å²) in [5.41, 5.74) is 3.08. The molecule has 1 aromatic heterocycles. The fourth-order valence-corrected chi connectivity index (χ4v) is 4.75. The zero-order valence-electron chi connectivity index (χ0n) is 17.1. The van der Waals surface area contributed by atoms with Crippen LogP contribution in [0.1, 0.15) is 11.7 Å². The van der Waals surface area contributed by atoms with Gasteiger partial charge in [-0.2, -0.15) is 0 Å². The van der Waals surface area contributed by atoms with Gasteiger partial charge in [0.2, 0.25) is 0 Å². The zero-order chi connectivity index (χ0) is 22.7. The number of sulfone groups is 1. The molecule has 2 amide bonds. The first kappa shape index (κ1) is 21.9. The van der Waals surface area contributed by atoms with Crippen molar-refractivity contribution in [2.24, 2.45) is 0 Å². The molecule has 0 bridgehead atoms. The predicted molar refractivity (Wildman–Crippen MR) is 127 cm³/mol. The zero-order valence-corrected chi connectivity index (χ0v) is 18.8. The quantitative estimate of drug-likeness (QED) is 0.393. The molecule has 0 saturated heterocycles. The van der Waals surface area contributed by atoms with Crippen LogP contribution in [0.4, 0.5) is 9.93 Å². The monoisotopic (exact) mass is 467 g/mol. The Morgan fingerprint density at radius 3 is 2.53 bits per heavy atom. The second kappa shape index (κ2) is 9.07. The van der Waals surface area contributed by atoms with E-state index in [-0.39, 0.29) is 11.4 Å². The lowest BCUT2D eigenvalue weighted by Crippen LogP contribution is -2.32. The molecule has 3 aromatic carbocycles. The maximum absolute atomic E-state index is 12.2. The second-order valence-electron chi connectivity index (χ2n) is 7.26. The third-order valence-corrected chi connectivity index (χ3v) is 6.89. The first-order valence-electron chi connectivity index (χ1n) is 9.78. The Morgan fingerprint density at radius 1 is 1.03 bits per heavy atom. The molecule has 4 aromatic rings. The van der Waals surface area contributed by atoms with Gasteiger partial charge >= 0.3 is 6.03 Å². The van der Waals surface area contributed by atoms with Gasteiger partial charge in [0, 0.05) is 12.8 Å². The fraction of sp³-hybridized carbons (Fsp3) is 0.130. The van der Waals surface area contributed by atoms with Crippen LogP contribution in [0.3, 0.4) is 0 Å². The molecule has 0 aliphatic heterocycles. The molecule has 0 radical (unpaired) electrons. The lowest BCUT2D eigenvalue weighted by molar-refractivity contribution is 0.175. The van der Waals surface area contributed by atoms with E-state index in [4.69, 9.17) is 0 Å². The molecule has 0 saturated carbocycles. The van der Waals surface area contributed by atoms with Gasteiger partial charge in [0.25, 0.3) is 0 Å². The van der Waals surface area contributed by atoms with Gasteiger partial charge in [-0.1, -0.05) is 59.9 Å². The first-order chi connectivity index (χ1) is 15.3. The molecule has 7 nitrogen and oxygen atoms in total. The number of fused-ring (bicyclic) bond motifs is 1. The number of hydrogen-bond donors (Lipinski definition) is 3. The molecule has 0 spiro atoms. The van der Waals surface area contributed by atoms with Crippen LogP contribution in [-0.4, -0.2) is 37.3 Å². The van der Waals surface area contributed by atoms with Crippen LogP contribution in [0.25, 0.3) is 21.3 Å². The van der Waals surface area contributed by atoms with E-state index >= 15 is 0 Å². The molecule has 1 atom stereocenters. The van der Waals surface area contributed by atoms with Gasteiger partial charge in [-0.3, -0.25) is 5.32 Å². The van der Waals surface area contributed by atoms with Gasteiger partial charge < -0.3 is 10.4 Å². The predicted octanol–water partition coefficient (Wildman–Crippen LogP) is 4.22. The molecule has 1 heterocycles. The Hall–Kier alpha value is -3.27. The second-order valence-corrected chi connectivity index (χ2v) is 10.3. The van der Waals surface area contributed by atoms with Gasteiger partial charge in [0.1, 0.15) is 0 Å². The van der Waals surface area contributed by atoms with Crippen LogP contribution in [0.15, 0.2) is 77.7 Å². The van der Waals surface area contributed by atoms with E-state index in [9.17, 15) is 18.3 Å². The molecule has 0 aliphatic carbocycles.